The lowest BCUT2D eigenvalue weighted by Crippen LogP contribution is -2.30. The molecule has 0 spiro atoms. The molecule has 1 aromatic rings. The van der Waals surface area contributed by atoms with E-state index >= 15 is 0 Å². The summed E-state index contributed by atoms with van der Waals surface area (Å²) in [6.45, 7) is 0. The number of rotatable bonds is 4. The predicted octanol–water partition coefficient (Wildman–Crippen LogP) is 1.92. The summed E-state index contributed by atoms with van der Waals surface area (Å²) >= 11 is 0.543. The summed E-state index contributed by atoms with van der Waals surface area (Å²) in [5.41, 5.74) is 0. The first-order valence-electron chi connectivity index (χ1n) is 3.67. The molecule has 0 radical (unpaired) electrons. The van der Waals surface area contributed by atoms with Crippen molar-refractivity contribution in [3.63, 3.8) is 0 Å². The highest BCUT2D eigenvalue weighted by molar-refractivity contribution is 7.15. The molecule has 0 aromatic carbocycles. The van der Waals surface area contributed by atoms with Gasteiger partial charge in [-0.3, -0.25) is 10.1 Å². The second-order valence-corrected chi connectivity index (χ2v) is 3.83. The van der Waals surface area contributed by atoms with Crippen LogP contribution in [0, 0.1) is 10.1 Å². The van der Waals surface area contributed by atoms with Crippen LogP contribution in [-0.4, -0.2) is 21.9 Å². The Morgan fingerprint density at radius 2 is 2.20 bits per heavy atom. The molecule has 0 bridgehead atoms. The minimum atomic E-state index is -3.89. The van der Waals surface area contributed by atoms with E-state index < -0.39 is 23.2 Å². The van der Waals surface area contributed by atoms with Gasteiger partial charge in [-0.25, -0.2) is 4.79 Å². The van der Waals surface area contributed by atoms with Crippen LogP contribution in [-0.2, 0) is 11.2 Å². The van der Waals surface area contributed by atoms with Crippen molar-refractivity contribution in [3.05, 3.63) is 27.1 Å². The maximum absolute atomic E-state index is 12.7. The third-order valence-corrected chi connectivity index (χ3v) is 2.57. The van der Waals surface area contributed by atoms with Crippen LogP contribution in [0.2, 0.25) is 0 Å². The van der Waals surface area contributed by atoms with Crippen LogP contribution in [0.25, 0.3) is 0 Å². The molecule has 0 fully saturated rings. The molecule has 0 saturated carbocycles. The Bertz CT molecular complexity index is 403. The highest BCUT2D eigenvalue weighted by Crippen LogP contribution is 2.29. The van der Waals surface area contributed by atoms with Gasteiger partial charge < -0.3 is 5.11 Å². The molecule has 1 aromatic heterocycles. The van der Waals surface area contributed by atoms with Gasteiger partial charge in [0.15, 0.2) is 0 Å². The van der Waals surface area contributed by atoms with E-state index in [1.54, 1.807) is 0 Å². The Balaban J connectivity index is 2.82. The topological polar surface area (TPSA) is 80.4 Å². The minimum Gasteiger partial charge on any atom is -0.477 e. The van der Waals surface area contributed by atoms with Crippen LogP contribution in [0.15, 0.2) is 12.1 Å². The molecule has 0 aliphatic heterocycles. The molecule has 0 amide bonds. The predicted molar refractivity (Wildman–Crippen MR) is 47.3 cm³/mol. The molecular weight excluding hydrogens is 232 g/mol. The summed E-state index contributed by atoms with van der Waals surface area (Å²) in [6.07, 6.45) is -1.03. The number of carboxylic acids is 1. The molecule has 5 nitrogen and oxygen atoms in total. The van der Waals surface area contributed by atoms with Crippen molar-refractivity contribution in [2.24, 2.45) is 0 Å². The van der Waals surface area contributed by atoms with E-state index in [2.05, 4.69) is 0 Å². The van der Waals surface area contributed by atoms with Crippen molar-refractivity contribution < 1.29 is 23.6 Å². The number of hydrogen-bond donors (Lipinski definition) is 1. The third-order valence-electron chi connectivity index (χ3n) is 1.54. The van der Waals surface area contributed by atoms with E-state index in [4.69, 9.17) is 5.11 Å². The van der Waals surface area contributed by atoms with Crippen LogP contribution >= 0.6 is 11.3 Å². The van der Waals surface area contributed by atoms with Crippen molar-refractivity contribution in [3.8, 4) is 0 Å². The number of halogens is 2. The number of nitrogens with zero attached hydrogens (tertiary/aromatic N) is 1. The van der Waals surface area contributed by atoms with E-state index in [9.17, 15) is 23.7 Å². The van der Waals surface area contributed by atoms with E-state index in [1.165, 1.54) is 0 Å². The summed E-state index contributed by atoms with van der Waals surface area (Å²) in [4.78, 5) is 19.6. The second-order valence-electron chi connectivity index (χ2n) is 2.68. The van der Waals surface area contributed by atoms with Crippen LogP contribution < -0.4 is 0 Å². The number of thiophene rings is 1. The number of carbonyl (C=O) groups is 1. The first-order valence-corrected chi connectivity index (χ1v) is 4.49. The van der Waals surface area contributed by atoms with E-state index in [0.717, 1.165) is 12.1 Å². The van der Waals surface area contributed by atoms with Crippen molar-refractivity contribution in [2.75, 3.05) is 0 Å². The second kappa shape index (κ2) is 3.89. The van der Waals surface area contributed by atoms with Crippen molar-refractivity contribution in [1.29, 1.82) is 0 Å². The molecule has 1 heterocycles. The van der Waals surface area contributed by atoms with E-state index in [-0.39, 0.29) is 9.88 Å². The van der Waals surface area contributed by atoms with Gasteiger partial charge in [0.25, 0.3) is 0 Å². The number of nitro groups is 1. The zero-order chi connectivity index (χ0) is 11.6. The summed E-state index contributed by atoms with van der Waals surface area (Å²) < 4.78 is 25.4. The summed E-state index contributed by atoms with van der Waals surface area (Å²) in [5.74, 6) is -6.13. The SMILES string of the molecule is O=C(O)C(F)(F)Cc1ccc([N+](=O)[O-])s1. The van der Waals surface area contributed by atoms with Gasteiger partial charge in [-0.2, -0.15) is 8.78 Å². The molecule has 1 N–H and O–H groups in total. The van der Waals surface area contributed by atoms with E-state index in [0.29, 0.717) is 11.3 Å². The number of alkyl halides is 2. The average molecular weight is 237 g/mol. The van der Waals surface area contributed by atoms with Gasteiger partial charge in [0.05, 0.1) is 11.3 Å². The van der Waals surface area contributed by atoms with Gasteiger partial charge in [-0.1, -0.05) is 11.3 Å². The molecule has 0 unspecified atom stereocenters. The monoisotopic (exact) mass is 237 g/mol. The molecule has 82 valence electrons. The first-order chi connectivity index (χ1) is 6.83. The Labute approximate surface area is 86.1 Å². The normalized spacial score (nSPS) is 11.3. The fourth-order valence-electron chi connectivity index (χ4n) is 0.854. The number of aliphatic carboxylic acids is 1. The van der Waals surface area contributed by atoms with Gasteiger partial charge >= 0.3 is 16.9 Å². The molecular formula is C7H5F2NO4S. The maximum Gasteiger partial charge on any atom is 0.374 e. The summed E-state index contributed by atoms with van der Waals surface area (Å²) in [6, 6.07) is 2.19. The standard InChI is InChI=1S/C7H5F2NO4S/c8-7(9,6(11)12)3-4-1-2-5(15-4)10(13)14/h1-2H,3H2,(H,11,12). The first kappa shape index (κ1) is 11.5. The van der Waals surface area contributed by atoms with Crippen LogP contribution in [0.3, 0.4) is 0 Å². The molecule has 0 aliphatic carbocycles. The molecule has 0 aliphatic rings. The summed E-state index contributed by atoms with van der Waals surface area (Å²) in [5, 5.41) is 18.1. The fraction of sp³-hybridized carbons (Fsp3) is 0.286. The molecule has 8 heteroatoms. The molecule has 15 heavy (non-hydrogen) atoms. The van der Waals surface area contributed by atoms with Crippen molar-refractivity contribution >= 4 is 22.3 Å². The average Bonchev–Trinajstić information content (AvgIpc) is 2.51. The van der Waals surface area contributed by atoms with Crippen LogP contribution in [0.4, 0.5) is 13.8 Å². The van der Waals surface area contributed by atoms with Crippen molar-refractivity contribution in [1.82, 2.24) is 0 Å². The Morgan fingerprint density at radius 1 is 1.60 bits per heavy atom. The van der Waals surface area contributed by atoms with Gasteiger partial charge in [-0.05, 0) is 6.07 Å². The number of hydrogen-bond acceptors (Lipinski definition) is 4. The summed E-state index contributed by atoms with van der Waals surface area (Å²) in [7, 11) is 0. The quantitative estimate of drug-likeness (QED) is 0.640. The Hall–Kier alpha value is -1.57. The van der Waals surface area contributed by atoms with E-state index in [1.807, 2.05) is 0 Å². The lowest BCUT2D eigenvalue weighted by atomic mass is 10.2. The highest BCUT2D eigenvalue weighted by atomic mass is 32.1. The largest absolute Gasteiger partial charge is 0.477 e. The van der Waals surface area contributed by atoms with Gasteiger partial charge in [0.1, 0.15) is 0 Å². The molecule has 0 saturated heterocycles. The fourth-order valence-corrected chi connectivity index (χ4v) is 1.72. The third kappa shape index (κ3) is 2.69. The zero-order valence-corrected chi connectivity index (χ0v) is 7.96. The highest BCUT2D eigenvalue weighted by Gasteiger charge is 2.39. The Kier molecular flexibility index (Phi) is 2.98. The van der Waals surface area contributed by atoms with Crippen LogP contribution in [0.5, 0.6) is 0 Å². The van der Waals surface area contributed by atoms with Gasteiger partial charge in [0, 0.05) is 10.9 Å². The lowest BCUT2D eigenvalue weighted by molar-refractivity contribution is -0.380. The van der Waals surface area contributed by atoms with Gasteiger partial charge in [0.2, 0.25) is 0 Å². The van der Waals surface area contributed by atoms with Gasteiger partial charge in [-0.15, -0.1) is 0 Å². The Morgan fingerprint density at radius 3 is 2.60 bits per heavy atom. The smallest absolute Gasteiger partial charge is 0.374 e. The van der Waals surface area contributed by atoms with Crippen LogP contribution in [0.1, 0.15) is 4.88 Å². The lowest BCUT2D eigenvalue weighted by Gasteiger charge is -2.08. The minimum absolute atomic E-state index is 0.0332. The van der Waals surface area contributed by atoms with Crippen molar-refractivity contribution in [2.45, 2.75) is 12.3 Å². The molecule has 0 atom stereocenters. The zero-order valence-electron chi connectivity index (χ0n) is 7.15. The maximum atomic E-state index is 12.7. The number of carboxylic acid groups (broad SMARTS) is 1. The molecule has 1 rings (SSSR count).